The molecule has 0 bridgehead atoms. The molecular formula is C14H28FN. The molecule has 0 aliphatic carbocycles. The fourth-order valence-electron chi connectivity index (χ4n) is 1.75. The lowest BCUT2D eigenvalue weighted by Crippen LogP contribution is -2.32. The average Bonchev–Trinajstić information content (AvgIpc) is 2.15. The highest BCUT2D eigenvalue weighted by Gasteiger charge is 2.26. The van der Waals surface area contributed by atoms with Gasteiger partial charge in [0.25, 0.3) is 0 Å². The zero-order valence-corrected chi connectivity index (χ0v) is 11.5. The van der Waals surface area contributed by atoms with Gasteiger partial charge in [0.05, 0.1) is 0 Å². The summed E-state index contributed by atoms with van der Waals surface area (Å²) in [6.45, 7) is 11.1. The minimum atomic E-state index is -0.753. The molecule has 0 heterocycles. The first kappa shape index (κ1) is 15.6. The van der Waals surface area contributed by atoms with Crippen LogP contribution in [0.2, 0.25) is 0 Å². The Hall–Kier alpha value is -0.370. The van der Waals surface area contributed by atoms with Crippen molar-refractivity contribution in [3.05, 3.63) is 12.2 Å². The van der Waals surface area contributed by atoms with Crippen LogP contribution in [0.4, 0.5) is 4.39 Å². The van der Waals surface area contributed by atoms with Crippen LogP contribution in [-0.2, 0) is 0 Å². The normalized spacial score (nSPS) is 17.0. The molecule has 0 rings (SSSR count). The lowest BCUT2D eigenvalue weighted by atomic mass is 9.74. The van der Waals surface area contributed by atoms with Crippen LogP contribution in [-0.4, -0.2) is 12.7 Å². The van der Waals surface area contributed by atoms with Crippen LogP contribution in [0.1, 0.15) is 47.5 Å². The lowest BCUT2D eigenvalue weighted by molar-refractivity contribution is 0.235. The first-order valence-corrected chi connectivity index (χ1v) is 6.30. The van der Waals surface area contributed by atoms with E-state index < -0.39 is 6.17 Å². The van der Waals surface area contributed by atoms with E-state index in [4.69, 9.17) is 5.73 Å². The molecule has 2 heteroatoms. The van der Waals surface area contributed by atoms with E-state index in [9.17, 15) is 4.39 Å². The van der Waals surface area contributed by atoms with Gasteiger partial charge < -0.3 is 5.73 Å². The third-order valence-electron chi connectivity index (χ3n) is 3.08. The Morgan fingerprint density at radius 2 is 1.81 bits per heavy atom. The predicted molar refractivity (Wildman–Crippen MR) is 70.1 cm³/mol. The summed E-state index contributed by atoms with van der Waals surface area (Å²) in [4.78, 5) is 0. The van der Waals surface area contributed by atoms with E-state index in [-0.39, 0.29) is 5.41 Å². The Bertz CT molecular complexity index is 207. The molecular weight excluding hydrogens is 201 g/mol. The molecule has 1 nitrogen and oxygen atoms in total. The number of halogens is 1. The highest BCUT2D eigenvalue weighted by atomic mass is 19.1. The largest absolute Gasteiger partial charge is 0.330 e. The Morgan fingerprint density at radius 3 is 2.19 bits per heavy atom. The van der Waals surface area contributed by atoms with E-state index in [0.717, 1.165) is 6.42 Å². The summed E-state index contributed by atoms with van der Waals surface area (Å²) < 4.78 is 12.7. The molecule has 0 aliphatic heterocycles. The van der Waals surface area contributed by atoms with E-state index in [1.54, 1.807) is 6.92 Å². The number of nitrogens with two attached hydrogens (primary N) is 1. The van der Waals surface area contributed by atoms with Crippen LogP contribution in [0.5, 0.6) is 0 Å². The smallest absolute Gasteiger partial charge is 0.101 e. The van der Waals surface area contributed by atoms with Crippen LogP contribution in [0, 0.1) is 17.3 Å². The highest BCUT2D eigenvalue weighted by Crippen LogP contribution is 2.32. The topological polar surface area (TPSA) is 26.0 Å². The fraction of sp³-hybridized carbons (Fsp3) is 0.857. The maximum absolute atomic E-state index is 12.7. The van der Waals surface area contributed by atoms with Crippen molar-refractivity contribution in [3.8, 4) is 0 Å². The van der Waals surface area contributed by atoms with Crippen molar-refractivity contribution >= 4 is 0 Å². The standard InChI is InChI=1S/C14H28FN/c1-11(2)9-13(14(4,5)10-16)8-6-7-12(3)15/h6,8,11-13H,7,9-10,16H2,1-5H3/b8-6-/t12-,13?/m1/s1. The second-order valence-corrected chi connectivity index (χ2v) is 5.87. The predicted octanol–water partition coefficient (Wildman–Crippen LogP) is 3.94. The molecule has 0 radical (unpaired) electrons. The number of rotatable bonds is 7. The molecule has 0 saturated carbocycles. The van der Waals surface area contributed by atoms with E-state index in [0.29, 0.717) is 24.8 Å². The van der Waals surface area contributed by atoms with Gasteiger partial charge in [0.2, 0.25) is 0 Å². The van der Waals surface area contributed by atoms with Gasteiger partial charge in [-0.1, -0.05) is 39.8 Å². The molecule has 0 aliphatic rings. The molecule has 0 spiro atoms. The minimum absolute atomic E-state index is 0.0975. The summed E-state index contributed by atoms with van der Waals surface area (Å²) in [5.74, 6) is 1.08. The maximum Gasteiger partial charge on any atom is 0.101 e. The van der Waals surface area contributed by atoms with Gasteiger partial charge in [-0.05, 0) is 43.6 Å². The lowest BCUT2D eigenvalue weighted by Gasteiger charge is -2.32. The molecule has 0 aromatic heterocycles. The van der Waals surface area contributed by atoms with Crippen molar-refractivity contribution in [2.45, 2.75) is 53.6 Å². The van der Waals surface area contributed by atoms with Crippen LogP contribution in [0.15, 0.2) is 12.2 Å². The average molecular weight is 229 g/mol. The third kappa shape index (κ3) is 6.26. The quantitative estimate of drug-likeness (QED) is 0.657. The van der Waals surface area contributed by atoms with Crippen molar-refractivity contribution in [1.82, 2.24) is 0 Å². The second kappa shape index (κ2) is 7.05. The Labute approximate surface area is 100 Å². The van der Waals surface area contributed by atoms with Crippen molar-refractivity contribution < 1.29 is 4.39 Å². The number of alkyl halides is 1. The molecule has 2 atom stereocenters. The molecule has 0 aromatic rings. The first-order chi connectivity index (χ1) is 7.29. The zero-order chi connectivity index (χ0) is 12.8. The molecule has 0 amide bonds. The van der Waals surface area contributed by atoms with E-state index in [2.05, 4.69) is 33.8 Å². The Morgan fingerprint density at radius 1 is 1.25 bits per heavy atom. The molecule has 1 unspecified atom stereocenters. The van der Waals surface area contributed by atoms with E-state index in [1.165, 1.54) is 0 Å². The van der Waals surface area contributed by atoms with Gasteiger partial charge in [0.15, 0.2) is 0 Å². The molecule has 0 aromatic carbocycles. The molecule has 16 heavy (non-hydrogen) atoms. The van der Waals surface area contributed by atoms with Crippen LogP contribution >= 0.6 is 0 Å². The molecule has 0 fully saturated rings. The SMILES string of the molecule is CC(C)CC(/C=C\C[C@@H](C)F)C(C)(C)CN. The molecule has 2 N–H and O–H groups in total. The summed E-state index contributed by atoms with van der Waals surface area (Å²) >= 11 is 0. The highest BCUT2D eigenvalue weighted by molar-refractivity contribution is 4.96. The molecule has 96 valence electrons. The fourth-order valence-corrected chi connectivity index (χ4v) is 1.75. The Kier molecular flexibility index (Phi) is 6.89. The van der Waals surface area contributed by atoms with Crippen LogP contribution in [0.25, 0.3) is 0 Å². The number of hydrogen-bond donors (Lipinski definition) is 1. The van der Waals surface area contributed by atoms with E-state index >= 15 is 0 Å². The van der Waals surface area contributed by atoms with Crippen molar-refractivity contribution in [1.29, 1.82) is 0 Å². The van der Waals surface area contributed by atoms with Gasteiger partial charge in [0.1, 0.15) is 6.17 Å². The van der Waals surface area contributed by atoms with Gasteiger partial charge in [-0.25, -0.2) is 4.39 Å². The van der Waals surface area contributed by atoms with E-state index in [1.807, 2.05) is 6.08 Å². The summed E-state index contributed by atoms with van der Waals surface area (Å²) in [5, 5.41) is 0. The van der Waals surface area contributed by atoms with Crippen molar-refractivity contribution in [2.24, 2.45) is 23.0 Å². The van der Waals surface area contributed by atoms with Gasteiger partial charge in [-0.2, -0.15) is 0 Å². The zero-order valence-electron chi connectivity index (χ0n) is 11.5. The van der Waals surface area contributed by atoms with Gasteiger partial charge in [-0.3, -0.25) is 0 Å². The third-order valence-corrected chi connectivity index (χ3v) is 3.08. The maximum atomic E-state index is 12.7. The van der Waals surface area contributed by atoms with Gasteiger partial charge >= 0.3 is 0 Å². The second-order valence-electron chi connectivity index (χ2n) is 5.87. The Balaban J connectivity index is 4.49. The van der Waals surface area contributed by atoms with Gasteiger partial charge in [0, 0.05) is 0 Å². The summed E-state index contributed by atoms with van der Waals surface area (Å²) in [7, 11) is 0. The van der Waals surface area contributed by atoms with Crippen LogP contribution in [0.3, 0.4) is 0 Å². The number of hydrogen-bond acceptors (Lipinski definition) is 1. The minimum Gasteiger partial charge on any atom is -0.330 e. The summed E-state index contributed by atoms with van der Waals surface area (Å²) in [6.07, 6.45) is 4.99. The summed E-state index contributed by atoms with van der Waals surface area (Å²) in [6, 6.07) is 0. The van der Waals surface area contributed by atoms with Crippen molar-refractivity contribution in [2.75, 3.05) is 6.54 Å². The first-order valence-electron chi connectivity index (χ1n) is 6.30. The van der Waals surface area contributed by atoms with Crippen LogP contribution < -0.4 is 5.73 Å². The molecule has 0 saturated heterocycles. The number of allylic oxidation sites excluding steroid dienone is 2. The summed E-state index contributed by atoms with van der Waals surface area (Å²) in [5.41, 5.74) is 5.90. The van der Waals surface area contributed by atoms with Crippen molar-refractivity contribution in [3.63, 3.8) is 0 Å². The monoisotopic (exact) mass is 229 g/mol. The van der Waals surface area contributed by atoms with Gasteiger partial charge in [-0.15, -0.1) is 0 Å².